The summed E-state index contributed by atoms with van der Waals surface area (Å²) in [5.41, 5.74) is 3.00. The Balaban J connectivity index is 1.51. The van der Waals surface area contributed by atoms with Gasteiger partial charge in [0.05, 0.1) is 17.8 Å². The number of para-hydroxylation sites is 1. The molecule has 1 amide bonds. The monoisotopic (exact) mass is 391 g/mol. The van der Waals surface area contributed by atoms with Crippen LogP contribution >= 0.6 is 0 Å². The third kappa shape index (κ3) is 4.21. The van der Waals surface area contributed by atoms with Crippen molar-refractivity contribution in [1.29, 1.82) is 0 Å². The van der Waals surface area contributed by atoms with Crippen molar-refractivity contribution in [2.45, 2.75) is 13.1 Å². The number of alkyl halides is 1. The van der Waals surface area contributed by atoms with Gasteiger partial charge in [-0.25, -0.2) is 9.37 Å². The molecule has 29 heavy (non-hydrogen) atoms. The van der Waals surface area contributed by atoms with Crippen LogP contribution in [0.1, 0.15) is 21.5 Å². The van der Waals surface area contributed by atoms with Crippen molar-refractivity contribution in [3.05, 3.63) is 83.6 Å². The third-order valence-electron chi connectivity index (χ3n) is 4.87. The number of carbonyl (C=O) groups excluding carboxylic acids is 1. The maximum absolute atomic E-state index is 12.8. The molecule has 1 aliphatic heterocycles. The highest BCUT2D eigenvalue weighted by atomic mass is 19.1. The van der Waals surface area contributed by atoms with Crippen LogP contribution in [0.2, 0.25) is 0 Å². The van der Waals surface area contributed by atoms with Crippen molar-refractivity contribution in [3.8, 4) is 5.75 Å². The molecule has 0 radical (unpaired) electrons. The molecule has 1 aliphatic rings. The van der Waals surface area contributed by atoms with E-state index >= 15 is 0 Å². The first-order valence-corrected chi connectivity index (χ1v) is 9.62. The van der Waals surface area contributed by atoms with Crippen molar-refractivity contribution in [1.82, 2.24) is 10.3 Å². The maximum atomic E-state index is 12.8. The molecule has 0 saturated heterocycles. The Morgan fingerprint density at radius 1 is 1.07 bits per heavy atom. The summed E-state index contributed by atoms with van der Waals surface area (Å²) in [6.45, 7) is 1.05. The number of hydrogen-bond acceptors (Lipinski definition) is 4. The highest BCUT2D eigenvalue weighted by molar-refractivity contribution is 5.99. The van der Waals surface area contributed by atoms with E-state index < -0.39 is 6.67 Å². The van der Waals surface area contributed by atoms with E-state index in [1.54, 1.807) is 18.2 Å². The number of benzene rings is 2. The first kappa shape index (κ1) is 18.9. The van der Waals surface area contributed by atoms with Gasteiger partial charge in [0.2, 0.25) is 0 Å². The molecule has 0 bridgehead atoms. The number of amides is 1. The number of ether oxygens (including phenoxy) is 1. The largest absolute Gasteiger partial charge is 0.489 e. The fraction of sp³-hybridized carbons (Fsp3) is 0.217. The minimum Gasteiger partial charge on any atom is -0.489 e. The second-order valence-electron chi connectivity index (χ2n) is 6.80. The Hall–Kier alpha value is -3.41. The first-order chi connectivity index (χ1) is 14.3. The summed E-state index contributed by atoms with van der Waals surface area (Å²) in [5.74, 6) is 1.08. The molecule has 0 unspecified atom stereocenters. The number of anilines is 2. The number of carbonyl (C=O) groups is 1. The average Bonchev–Trinajstić information content (AvgIpc) is 2.79. The van der Waals surface area contributed by atoms with E-state index in [4.69, 9.17) is 4.74 Å². The second kappa shape index (κ2) is 8.73. The minimum atomic E-state index is -0.541. The zero-order chi connectivity index (χ0) is 20.1. The van der Waals surface area contributed by atoms with Crippen molar-refractivity contribution in [2.24, 2.45) is 0 Å². The Morgan fingerprint density at radius 2 is 1.93 bits per heavy atom. The Bertz CT molecular complexity index is 977. The van der Waals surface area contributed by atoms with Crippen molar-refractivity contribution < 1.29 is 13.9 Å². The predicted molar refractivity (Wildman–Crippen MR) is 110 cm³/mol. The highest BCUT2D eigenvalue weighted by Crippen LogP contribution is 2.38. The molecule has 0 atom stereocenters. The molecule has 6 heteroatoms. The molecule has 4 rings (SSSR count). The molecule has 0 fully saturated rings. The smallest absolute Gasteiger partial charge is 0.255 e. The second-order valence-corrected chi connectivity index (χ2v) is 6.80. The summed E-state index contributed by atoms with van der Waals surface area (Å²) in [6.07, 6.45) is 2.30. The number of nitrogens with one attached hydrogen (secondary N) is 1. The Kier molecular flexibility index (Phi) is 5.70. The van der Waals surface area contributed by atoms with E-state index in [2.05, 4.69) is 10.3 Å². The lowest BCUT2D eigenvalue weighted by Crippen LogP contribution is -2.32. The standard InChI is InChI=1S/C23H22FN3O2/c24-15-18-9-10-21(26-16-18)27-13-14-29-22-19(7-4-8-20(22)27)23(28)25-12-11-17-5-2-1-3-6-17/h1-10,16H,11-15H2,(H,25,28). The minimum absolute atomic E-state index is 0.166. The zero-order valence-corrected chi connectivity index (χ0v) is 16.0. The van der Waals surface area contributed by atoms with Crippen LogP contribution in [-0.2, 0) is 13.1 Å². The number of nitrogens with zero attached hydrogens (tertiary/aromatic N) is 2. The summed E-state index contributed by atoms with van der Waals surface area (Å²) in [6, 6.07) is 19.0. The number of rotatable bonds is 6. The van der Waals surface area contributed by atoms with Gasteiger partial charge in [-0.3, -0.25) is 4.79 Å². The molecule has 0 spiro atoms. The van der Waals surface area contributed by atoms with Crippen LogP contribution in [0, 0.1) is 0 Å². The van der Waals surface area contributed by atoms with E-state index in [-0.39, 0.29) is 5.91 Å². The highest BCUT2D eigenvalue weighted by Gasteiger charge is 2.25. The van der Waals surface area contributed by atoms with Gasteiger partial charge in [0.25, 0.3) is 5.91 Å². The number of aromatic nitrogens is 1. The molecule has 2 heterocycles. The molecule has 2 aromatic carbocycles. The SMILES string of the molecule is O=C(NCCc1ccccc1)c1cccc2c1OCCN2c1ccc(CF)cn1. The van der Waals surface area contributed by atoms with Gasteiger partial charge in [0.1, 0.15) is 19.1 Å². The summed E-state index contributed by atoms with van der Waals surface area (Å²) >= 11 is 0. The molecule has 148 valence electrons. The van der Waals surface area contributed by atoms with E-state index in [0.717, 1.165) is 12.1 Å². The topological polar surface area (TPSA) is 54.5 Å². The fourth-order valence-electron chi connectivity index (χ4n) is 3.38. The van der Waals surface area contributed by atoms with Crippen LogP contribution in [0.5, 0.6) is 5.75 Å². The van der Waals surface area contributed by atoms with E-state index in [0.29, 0.717) is 42.4 Å². The quantitative estimate of drug-likeness (QED) is 0.689. The zero-order valence-electron chi connectivity index (χ0n) is 16.0. The fourth-order valence-corrected chi connectivity index (χ4v) is 3.38. The molecule has 1 aromatic heterocycles. The predicted octanol–water partition coefficient (Wildman–Crippen LogP) is 4.05. The summed E-state index contributed by atoms with van der Waals surface area (Å²) < 4.78 is 18.6. The van der Waals surface area contributed by atoms with E-state index in [9.17, 15) is 9.18 Å². The van der Waals surface area contributed by atoms with Crippen LogP contribution in [-0.4, -0.2) is 30.6 Å². The van der Waals surface area contributed by atoms with Crippen molar-refractivity contribution in [3.63, 3.8) is 0 Å². The van der Waals surface area contributed by atoms with Gasteiger partial charge >= 0.3 is 0 Å². The molecular formula is C23H22FN3O2. The Morgan fingerprint density at radius 3 is 2.69 bits per heavy atom. The summed E-state index contributed by atoms with van der Waals surface area (Å²) in [5, 5.41) is 2.97. The normalized spacial score (nSPS) is 12.8. The lowest BCUT2D eigenvalue weighted by atomic mass is 10.1. The molecule has 1 N–H and O–H groups in total. The number of halogens is 1. The molecule has 0 saturated carbocycles. The molecule has 5 nitrogen and oxygen atoms in total. The van der Waals surface area contributed by atoms with Crippen molar-refractivity contribution in [2.75, 3.05) is 24.6 Å². The maximum Gasteiger partial charge on any atom is 0.255 e. The van der Waals surface area contributed by atoms with Crippen LogP contribution in [0.15, 0.2) is 66.9 Å². The lowest BCUT2D eigenvalue weighted by molar-refractivity contribution is 0.0950. The lowest BCUT2D eigenvalue weighted by Gasteiger charge is -2.31. The van der Waals surface area contributed by atoms with Gasteiger partial charge in [0, 0.05) is 18.3 Å². The average molecular weight is 391 g/mol. The Labute approximate surface area is 169 Å². The molecular weight excluding hydrogens is 369 g/mol. The molecule has 0 aliphatic carbocycles. The molecule has 3 aromatic rings. The summed E-state index contributed by atoms with van der Waals surface area (Å²) in [7, 11) is 0. The van der Waals surface area contributed by atoms with Gasteiger partial charge in [-0.05, 0) is 30.2 Å². The third-order valence-corrected chi connectivity index (χ3v) is 4.87. The number of fused-ring (bicyclic) bond motifs is 1. The van der Waals surface area contributed by atoms with Gasteiger partial charge < -0.3 is 15.0 Å². The van der Waals surface area contributed by atoms with E-state index in [1.165, 1.54) is 11.8 Å². The van der Waals surface area contributed by atoms with Gasteiger partial charge in [-0.2, -0.15) is 0 Å². The number of pyridine rings is 1. The van der Waals surface area contributed by atoms with Crippen LogP contribution in [0.4, 0.5) is 15.9 Å². The van der Waals surface area contributed by atoms with Gasteiger partial charge in [-0.1, -0.05) is 42.5 Å². The van der Waals surface area contributed by atoms with E-state index in [1.807, 2.05) is 47.4 Å². The van der Waals surface area contributed by atoms with Crippen LogP contribution < -0.4 is 15.0 Å². The van der Waals surface area contributed by atoms with Crippen LogP contribution in [0.3, 0.4) is 0 Å². The van der Waals surface area contributed by atoms with Gasteiger partial charge in [0.15, 0.2) is 5.75 Å². The van der Waals surface area contributed by atoms with Crippen molar-refractivity contribution >= 4 is 17.4 Å². The first-order valence-electron chi connectivity index (χ1n) is 9.62. The van der Waals surface area contributed by atoms with Crippen LogP contribution in [0.25, 0.3) is 0 Å². The summed E-state index contributed by atoms with van der Waals surface area (Å²) in [4.78, 5) is 19.1. The van der Waals surface area contributed by atoms with Gasteiger partial charge in [-0.15, -0.1) is 0 Å². The number of hydrogen-bond donors (Lipinski definition) is 1.